The Morgan fingerprint density at radius 3 is 2.60 bits per heavy atom. The predicted octanol–water partition coefficient (Wildman–Crippen LogP) is 3.28. The van der Waals surface area contributed by atoms with Gasteiger partial charge in [0.05, 0.1) is 10.7 Å². The van der Waals surface area contributed by atoms with E-state index in [-0.39, 0.29) is 47.9 Å². The van der Waals surface area contributed by atoms with Gasteiger partial charge in [-0.25, -0.2) is 13.8 Å². The zero-order valence-corrected chi connectivity index (χ0v) is 13.3. The first kappa shape index (κ1) is 17.8. The number of hydrogen-bond donors (Lipinski definition) is 1. The van der Waals surface area contributed by atoms with Gasteiger partial charge in [-0.05, 0) is 18.6 Å². The number of alkyl halides is 3. The van der Waals surface area contributed by atoms with Gasteiger partial charge < -0.3 is 4.98 Å². The van der Waals surface area contributed by atoms with Gasteiger partial charge in [-0.15, -0.1) is 0 Å². The minimum atomic E-state index is -4.78. The Hall–Kier alpha value is -2.00. The van der Waals surface area contributed by atoms with E-state index in [4.69, 9.17) is 11.6 Å². The molecule has 0 saturated carbocycles. The minimum absolute atomic E-state index is 0.0322. The van der Waals surface area contributed by atoms with Crippen molar-refractivity contribution in [3.05, 3.63) is 61.8 Å². The van der Waals surface area contributed by atoms with Crippen LogP contribution in [-0.2, 0) is 25.7 Å². The maximum Gasteiger partial charge on any atom is 0.449 e. The van der Waals surface area contributed by atoms with Crippen LogP contribution < -0.4 is 5.56 Å². The van der Waals surface area contributed by atoms with Gasteiger partial charge in [0, 0.05) is 30.8 Å². The Labute approximate surface area is 143 Å². The molecule has 1 aromatic heterocycles. The van der Waals surface area contributed by atoms with Crippen LogP contribution in [0.1, 0.15) is 22.6 Å². The predicted molar refractivity (Wildman–Crippen MR) is 79.0 cm³/mol. The average Bonchev–Trinajstić information content (AvgIpc) is 2.54. The third-order valence-electron chi connectivity index (χ3n) is 3.94. The van der Waals surface area contributed by atoms with Crippen molar-refractivity contribution in [3.8, 4) is 0 Å². The molecule has 2 heterocycles. The fourth-order valence-electron chi connectivity index (χ4n) is 2.70. The zero-order valence-electron chi connectivity index (χ0n) is 12.6. The second-order valence-corrected chi connectivity index (χ2v) is 6.00. The highest BCUT2D eigenvalue weighted by atomic mass is 35.5. The molecule has 0 unspecified atom stereocenters. The Balaban J connectivity index is 1.90. The van der Waals surface area contributed by atoms with E-state index in [0.717, 1.165) is 12.1 Å². The van der Waals surface area contributed by atoms with Crippen molar-refractivity contribution >= 4 is 11.6 Å². The van der Waals surface area contributed by atoms with Crippen LogP contribution >= 0.6 is 11.6 Å². The molecule has 0 radical (unpaired) electrons. The van der Waals surface area contributed by atoms with E-state index in [1.54, 1.807) is 9.88 Å². The first-order valence-corrected chi connectivity index (χ1v) is 7.58. The lowest BCUT2D eigenvalue weighted by Crippen LogP contribution is -2.36. The molecule has 3 rings (SSSR count). The molecule has 0 atom stereocenters. The first-order chi connectivity index (χ1) is 11.7. The molecule has 25 heavy (non-hydrogen) atoms. The first-order valence-electron chi connectivity index (χ1n) is 7.21. The van der Waals surface area contributed by atoms with Gasteiger partial charge in [-0.3, -0.25) is 9.69 Å². The highest BCUT2D eigenvalue weighted by Gasteiger charge is 2.36. The lowest BCUT2D eigenvalue weighted by atomic mass is 10.1. The Kier molecular flexibility index (Phi) is 4.54. The van der Waals surface area contributed by atoms with Gasteiger partial charge in [0.25, 0.3) is 5.56 Å². The van der Waals surface area contributed by atoms with Gasteiger partial charge in [-0.2, -0.15) is 13.2 Å². The molecule has 1 aromatic carbocycles. The number of fused-ring (bicyclic) bond motifs is 1. The lowest BCUT2D eigenvalue weighted by Gasteiger charge is -2.28. The quantitative estimate of drug-likeness (QED) is 0.643. The van der Waals surface area contributed by atoms with Crippen LogP contribution in [-0.4, -0.2) is 21.4 Å². The second-order valence-electron chi connectivity index (χ2n) is 5.62. The summed E-state index contributed by atoms with van der Waals surface area (Å²) in [6.45, 7) is 0.0573. The Morgan fingerprint density at radius 2 is 1.92 bits per heavy atom. The van der Waals surface area contributed by atoms with Crippen LogP contribution in [0.2, 0.25) is 5.02 Å². The largest absolute Gasteiger partial charge is 0.449 e. The second kappa shape index (κ2) is 6.38. The topological polar surface area (TPSA) is 49.0 Å². The summed E-state index contributed by atoms with van der Waals surface area (Å²) in [6, 6.07) is 1.82. The van der Waals surface area contributed by atoms with E-state index < -0.39 is 29.2 Å². The van der Waals surface area contributed by atoms with E-state index in [1.165, 1.54) is 0 Å². The molecule has 10 heteroatoms. The van der Waals surface area contributed by atoms with Crippen LogP contribution in [0, 0.1) is 11.6 Å². The van der Waals surface area contributed by atoms with Crippen LogP contribution in [0.15, 0.2) is 16.9 Å². The van der Waals surface area contributed by atoms with Crippen LogP contribution in [0.25, 0.3) is 0 Å². The summed E-state index contributed by atoms with van der Waals surface area (Å²) < 4.78 is 65.7. The summed E-state index contributed by atoms with van der Waals surface area (Å²) in [5.74, 6) is -2.88. The summed E-state index contributed by atoms with van der Waals surface area (Å²) in [7, 11) is 0. The van der Waals surface area contributed by atoms with Crippen LogP contribution in [0.5, 0.6) is 0 Å². The molecule has 1 aliphatic heterocycles. The van der Waals surface area contributed by atoms with Gasteiger partial charge in [0.15, 0.2) is 0 Å². The lowest BCUT2D eigenvalue weighted by molar-refractivity contribution is -0.145. The van der Waals surface area contributed by atoms with E-state index in [9.17, 15) is 26.7 Å². The molecule has 1 N–H and O–H groups in total. The fraction of sp³-hybridized carbons (Fsp3) is 0.333. The fourth-order valence-corrected chi connectivity index (χ4v) is 2.91. The van der Waals surface area contributed by atoms with Crippen molar-refractivity contribution < 1.29 is 22.0 Å². The molecule has 0 bridgehead atoms. The van der Waals surface area contributed by atoms with Crippen molar-refractivity contribution in [2.24, 2.45) is 0 Å². The molecule has 2 aromatic rings. The monoisotopic (exact) mass is 379 g/mol. The molecule has 4 nitrogen and oxygen atoms in total. The molecule has 0 fully saturated rings. The molecule has 0 spiro atoms. The van der Waals surface area contributed by atoms with Crippen molar-refractivity contribution in [2.75, 3.05) is 6.54 Å². The van der Waals surface area contributed by atoms with Crippen molar-refractivity contribution in [1.29, 1.82) is 0 Å². The third kappa shape index (κ3) is 3.52. The zero-order chi connectivity index (χ0) is 18.4. The molecule has 134 valence electrons. The molecular weight excluding hydrogens is 369 g/mol. The van der Waals surface area contributed by atoms with Gasteiger partial charge in [0.2, 0.25) is 5.82 Å². The summed E-state index contributed by atoms with van der Waals surface area (Å²) in [5, 5.41) is -0.374. The molecule has 0 saturated heterocycles. The summed E-state index contributed by atoms with van der Waals surface area (Å²) >= 11 is 5.77. The van der Waals surface area contributed by atoms with Gasteiger partial charge >= 0.3 is 6.18 Å². The van der Waals surface area contributed by atoms with Crippen LogP contribution in [0.4, 0.5) is 22.0 Å². The molecule has 0 amide bonds. The highest BCUT2D eigenvalue weighted by molar-refractivity contribution is 6.31. The van der Waals surface area contributed by atoms with E-state index in [2.05, 4.69) is 4.98 Å². The highest BCUT2D eigenvalue weighted by Crippen LogP contribution is 2.28. The maximum atomic E-state index is 13.9. The normalized spacial score (nSPS) is 15.3. The SMILES string of the molecule is O=c1[nH]c(C(F)(F)F)nc2c1CCN(Cc1c(F)ccc(F)c1Cl)C2. The maximum absolute atomic E-state index is 13.9. The summed E-state index contributed by atoms with van der Waals surface area (Å²) in [6.07, 6.45) is -4.64. The number of hydrogen-bond acceptors (Lipinski definition) is 3. The molecule has 1 aliphatic rings. The van der Waals surface area contributed by atoms with E-state index in [0.29, 0.717) is 0 Å². The van der Waals surface area contributed by atoms with Crippen molar-refractivity contribution in [2.45, 2.75) is 25.7 Å². The Bertz CT molecular complexity index is 881. The van der Waals surface area contributed by atoms with E-state index >= 15 is 0 Å². The molecule has 0 aliphatic carbocycles. The third-order valence-corrected chi connectivity index (χ3v) is 4.35. The average molecular weight is 380 g/mol. The van der Waals surface area contributed by atoms with Gasteiger partial charge in [0.1, 0.15) is 11.6 Å². The number of rotatable bonds is 2. The summed E-state index contributed by atoms with van der Waals surface area (Å²) in [5.41, 5.74) is -0.803. The summed E-state index contributed by atoms with van der Waals surface area (Å²) in [4.78, 5) is 18.6. The van der Waals surface area contributed by atoms with Crippen molar-refractivity contribution in [1.82, 2.24) is 14.9 Å². The van der Waals surface area contributed by atoms with Crippen molar-refractivity contribution in [3.63, 3.8) is 0 Å². The number of nitrogens with one attached hydrogen (secondary N) is 1. The van der Waals surface area contributed by atoms with E-state index in [1.807, 2.05) is 0 Å². The Morgan fingerprint density at radius 1 is 1.24 bits per heavy atom. The standard InChI is InChI=1S/C15H11ClF5N3O/c16-12-8(9(17)1-2-10(12)18)5-24-4-3-7-11(6-24)22-14(15(19,20)21)23-13(7)25/h1-2H,3-6H2,(H,22,23,25). The minimum Gasteiger partial charge on any atom is -0.303 e. The number of aromatic amines is 1. The number of benzene rings is 1. The number of halogens is 6. The van der Waals surface area contributed by atoms with Crippen LogP contribution in [0.3, 0.4) is 0 Å². The van der Waals surface area contributed by atoms with Gasteiger partial charge in [-0.1, -0.05) is 11.6 Å². The molecular formula is C15H11ClF5N3O. The number of aromatic nitrogens is 2. The number of H-pyrrole nitrogens is 1. The smallest absolute Gasteiger partial charge is 0.303 e. The number of nitrogens with zero attached hydrogens (tertiary/aromatic N) is 2.